The van der Waals surface area contributed by atoms with Crippen molar-refractivity contribution in [2.75, 3.05) is 19.6 Å². The number of likely N-dealkylation sites (tertiary alicyclic amines) is 1. The summed E-state index contributed by atoms with van der Waals surface area (Å²) >= 11 is 0. The van der Waals surface area contributed by atoms with E-state index in [0.717, 1.165) is 31.8 Å². The van der Waals surface area contributed by atoms with Gasteiger partial charge in [-0.1, -0.05) is 0 Å². The Morgan fingerprint density at radius 3 is 3.27 bits per heavy atom. The first-order valence-corrected chi connectivity index (χ1v) is 7.69. The lowest BCUT2D eigenvalue weighted by molar-refractivity contribution is 0.0936. The van der Waals surface area contributed by atoms with Crippen molar-refractivity contribution < 1.29 is 9.21 Å². The molecular weight excluding hydrogens is 282 g/mol. The molecule has 1 amide bonds. The van der Waals surface area contributed by atoms with Gasteiger partial charge in [-0.3, -0.25) is 14.8 Å². The van der Waals surface area contributed by atoms with E-state index in [9.17, 15) is 4.79 Å². The molecule has 3 rings (SSSR count). The molecule has 2 aromatic heterocycles. The highest BCUT2D eigenvalue weighted by molar-refractivity contribution is 5.90. The van der Waals surface area contributed by atoms with Gasteiger partial charge in [-0.05, 0) is 43.9 Å². The summed E-state index contributed by atoms with van der Waals surface area (Å²) in [5, 5.41) is 9.12. The van der Waals surface area contributed by atoms with Crippen molar-refractivity contribution in [3.05, 3.63) is 36.3 Å². The van der Waals surface area contributed by atoms with Crippen LogP contribution >= 0.6 is 0 Å². The number of carbonyl (C=O) groups is 1. The van der Waals surface area contributed by atoms with Gasteiger partial charge in [0.25, 0.3) is 5.91 Å². The van der Waals surface area contributed by atoms with E-state index in [1.54, 1.807) is 6.26 Å². The third-order valence-electron chi connectivity index (χ3n) is 4.03. The van der Waals surface area contributed by atoms with Gasteiger partial charge in [-0.2, -0.15) is 5.10 Å². The average Bonchev–Trinajstić information content (AvgIpc) is 3.21. The van der Waals surface area contributed by atoms with E-state index in [0.29, 0.717) is 12.5 Å². The van der Waals surface area contributed by atoms with Crippen LogP contribution in [0.1, 0.15) is 35.6 Å². The third kappa shape index (κ3) is 3.94. The largest absolute Gasteiger partial charge is 0.468 e. The number of hydrogen-bond acceptors (Lipinski definition) is 5. The number of aromatic nitrogens is 3. The Morgan fingerprint density at radius 2 is 2.50 bits per heavy atom. The van der Waals surface area contributed by atoms with Crippen LogP contribution in [0.2, 0.25) is 0 Å². The molecule has 118 valence electrons. The summed E-state index contributed by atoms with van der Waals surface area (Å²) in [5.74, 6) is 1.70. The molecule has 1 saturated heterocycles. The molecule has 1 fully saturated rings. The van der Waals surface area contributed by atoms with E-state index in [1.807, 2.05) is 12.1 Å². The molecule has 1 aliphatic rings. The fourth-order valence-corrected chi connectivity index (χ4v) is 2.94. The van der Waals surface area contributed by atoms with Gasteiger partial charge in [0, 0.05) is 13.1 Å². The first-order chi connectivity index (χ1) is 10.8. The zero-order valence-electron chi connectivity index (χ0n) is 12.5. The maximum absolute atomic E-state index is 11.8. The monoisotopic (exact) mass is 303 g/mol. The molecule has 7 heteroatoms. The summed E-state index contributed by atoms with van der Waals surface area (Å²) < 4.78 is 5.41. The zero-order valence-corrected chi connectivity index (χ0v) is 12.5. The standard InChI is InChI=1S/C15H21N5O2/c21-15(14-17-11-18-19-14)16-6-5-12-3-1-7-20(9-12)10-13-4-2-8-22-13/h2,4,8,11-12H,1,3,5-7,9-10H2,(H,16,21)(H,17,18,19)/t12-/m1/s1. The molecule has 1 atom stereocenters. The molecule has 2 aromatic rings. The quantitative estimate of drug-likeness (QED) is 0.843. The minimum Gasteiger partial charge on any atom is -0.468 e. The minimum atomic E-state index is -0.194. The Hall–Kier alpha value is -2.15. The second kappa shape index (κ2) is 7.22. The second-order valence-corrected chi connectivity index (χ2v) is 5.70. The Morgan fingerprint density at radius 1 is 1.55 bits per heavy atom. The van der Waals surface area contributed by atoms with E-state index in [4.69, 9.17) is 4.42 Å². The summed E-state index contributed by atoms with van der Waals surface area (Å²) in [4.78, 5) is 18.0. The van der Waals surface area contributed by atoms with Gasteiger partial charge in [0.2, 0.25) is 5.82 Å². The molecular formula is C15H21N5O2. The Balaban J connectivity index is 1.40. The van der Waals surface area contributed by atoms with Gasteiger partial charge in [0.1, 0.15) is 12.1 Å². The lowest BCUT2D eigenvalue weighted by Crippen LogP contribution is -2.36. The van der Waals surface area contributed by atoms with Gasteiger partial charge >= 0.3 is 0 Å². The summed E-state index contributed by atoms with van der Waals surface area (Å²) in [6.07, 6.45) is 6.45. The van der Waals surface area contributed by atoms with Gasteiger partial charge in [0.05, 0.1) is 12.8 Å². The lowest BCUT2D eigenvalue weighted by atomic mass is 9.94. The predicted molar refractivity (Wildman–Crippen MR) is 80.0 cm³/mol. The molecule has 0 unspecified atom stereocenters. The van der Waals surface area contributed by atoms with E-state index >= 15 is 0 Å². The molecule has 7 nitrogen and oxygen atoms in total. The topological polar surface area (TPSA) is 87.1 Å². The first kappa shape index (κ1) is 14.8. The van der Waals surface area contributed by atoms with Crippen molar-refractivity contribution >= 4 is 5.91 Å². The smallest absolute Gasteiger partial charge is 0.288 e. The van der Waals surface area contributed by atoms with Crippen molar-refractivity contribution in [2.45, 2.75) is 25.8 Å². The number of nitrogens with one attached hydrogen (secondary N) is 2. The summed E-state index contributed by atoms with van der Waals surface area (Å²) in [6, 6.07) is 3.94. The summed E-state index contributed by atoms with van der Waals surface area (Å²) in [6.45, 7) is 3.70. The predicted octanol–water partition coefficient (Wildman–Crippen LogP) is 1.43. The minimum absolute atomic E-state index is 0.194. The van der Waals surface area contributed by atoms with Gasteiger partial charge in [-0.15, -0.1) is 0 Å². The number of hydrogen-bond donors (Lipinski definition) is 2. The number of carbonyl (C=O) groups excluding carboxylic acids is 1. The molecule has 22 heavy (non-hydrogen) atoms. The highest BCUT2D eigenvalue weighted by Crippen LogP contribution is 2.21. The van der Waals surface area contributed by atoms with Crippen LogP contribution in [0.25, 0.3) is 0 Å². The van der Waals surface area contributed by atoms with Crippen molar-refractivity contribution in [1.82, 2.24) is 25.4 Å². The van der Waals surface area contributed by atoms with E-state index in [1.165, 1.54) is 19.2 Å². The van der Waals surface area contributed by atoms with Gasteiger partial charge < -0.3 is 9.73 Å². The molecule has 2 N–H and O–H groups in total. The SMILES string of the molecule is O=C(NCC[C@H]1CCCN(Cc2ccco2)C1)c1ncn[nH]1. The Kier molecular flexibility index (Phi) is 4.85. The van der Waals surface area contributed by atoms with Crippen LogP contribution in [0.4, 0.5) is 0 Å². The fourth-order valence-electron chi connectivity index (χ4n) is 2.94. The van der Waals surface area contributed by atoms with Crippen LogP contribution in [0.3, 0.4) is 0 Å². The molecule has 0 aromatic carbocycles. The maximum Gasteiger partial charge on any atom is 0.288 e. The van der Waals surface area contributed by atoms with E-state index in [2.05, 4.69) is 25.4 Å². The van der Waals surface area contributed by atoms with Crippen molar-refractivity contribution in [2.24, 2.45) is 5.92 Å². The highest BCUT2D eigenvalue weighted by Gasteiger charge is 2.20. The molecule has 0 radical (unpaired) electrons. The molecule has 0 aliphatic carbocycles. The number of aromatic amines is 1. The third-order valence-corrected chi connectivity index (χ3v) is 4.03. The van der Waals surface area contributed by atoms with Crippen LogP contribution in [0.5, 0.6) is 0 Å². The fraction of sp³-hybridized carbons (Fsp3) is 0.533. The van der Waals surface area contributed by atoms with Gasteiger partial charge in [-0.25, -0.2) is 4.98 Å². The molecule has 0 spiro atoms. The van der Waals surface area contributed by atoms with Crippen molar-refractivity contribution in [3.8, 4) is 0 Å². The van der Waals surface area contributed by atoms with Gasteiger partial charge in [0.15, 0.2) is 0 Å². The van der Waals surface area contributed by atoms with Crippen LogP contribution < -0.4 is 5.32 Å². The molecule has 1 aliphatic heterocycles. The molecule has 3 heterocycles. The summed E-state index contributed by atoms with van der Waals surface area (Å²) in [7, 11) is 0. The van der Waals surface area contributed by atoms with Crippen LogP contribution in [-0.2, 0) is 6.54 Å². The van der Waals surface area contributed by atoms with Crippen LogP contribution in [0.15, 0.2) is 29.1 Å². The number of furan rings is 1. The summed E-state index contributed by atoms with van der Waals surface area (Å²) in [5.41, 5.74) is 0. The Labute approximate surface area is 129 Å². The Bertz CT molecular complexity index is 567. The van der Waals surface area contributed by atoms with E-state index < -0.39 is 0 Å². The van der Waals surface area contributed by atoms with Crippen molar-refractivity contribution in [1.29, 1.82) is 0 Å². The van der Waals surface area contributed by atoms with Crippen LogP contribution in [0, 0.1) is 5.92 Å². The first-order valence-electron chi connectivity index (χ1n) is 7.69. The number of nitrogens with zero attached hydrogens (tertiary/aromatic N) is 3. The van der Waals surface area contributed by atoms with E-state index in [-0.39, 0.29) is 11.7 Å². The lowest BCUT2D eigenvalue weighted by Gasteiger charge is -2.32. The molecule has 0 saturated carbocycles. The average molecular weight is 303 g/mol. The molecule has 0 bridgehead atoms. The van der Waals surface area contributed by atoms with Crippen molar-refractivity contribution in [3.63, 3.8) is 0 Å². The number of piperidine rings is 1. The normalized spacial score (nSPS) is 19.2. The zero-order chi connectivity index (χ0) is 15.2. The second-order valence-electron chi connectivity index (χ2n) is 5.70. The van der Waals surface area contributed by atoms with Crippen LogP contribution in [-0.4, -0.2) is 45.6 Å². The highest BCUT2D eigenvalue weighted by atomic mass is 16.3. The number of rotatable bonds is 6. The number of H-pyrrole nitrogens is 1. The maximum atomic E-state index is 11.8. The number of amides is 1.